The Morgan fingerprint density at radius 1 is 1.25 bits per heavy atom. The molecule has 0 aliphatic rings. The van der Waals surface area contributed by atoms with E-state index in [4.69, 9.17) is 0 Å². The monoisotopic (exact) mass is 292 g/mol. The molecule has 1 heterocycles. The molecule has 1 aromatic heterocycles. The number of amides is 1. The molecule has 20 heavy (non-hydrogen) atoms. The van der Waals surface area contributed by atoms with Gasteiger partial charge in [-0.25, -0.2) is 4.98 Å². The second kappa shape index (κ2) is 5.13. The fourth-order valence-electron chi connectivity index (χ4n) is 1.51. The first kappa shape index (κ1) is 14.3. The molecule has 2 rings (SSSR count). The van der Waals surface area contributed by atoms with Crippen LogP contribution in [0.5, 0.6) is 11.5 Å². The second-order valence-corrected chi connectivity index (χ2v) is 6.30. The van der Waals surface area contributed by atoms with Gasteiger partial charge in [0.25, 0.3) is 5.91 Å². The van der Waals surface area contributed by atoms with E-state index >= 15 is 0 Å². The van der Waals surface area contributed by atoms with Crippen molar-refractivity contribution in [3.8, 4) is 11.5 Å². The maximum atomic E-state index is 12.0. The zero-order valence-corrected chi connectivity index (χ0v) is 12.3. The summed E-state index contributed by atoms with van der Waals surface area (Å²) in [5.41, 5.74) is 1.09. The number of aromatic hydroxyl groups is 2. The number of carbonyl (C=O) groups excluding carboxylic acids is 1. The maximum Gasteiger partial charge on any atom is 0.257 e. The lowest BCUT2D eigenvalue weighted by atomic mass is 9.93. The summed E-state index contributed by atoms with van der Waals surface area (Å²) in [4.78, 5) is 16.4. The number of rotatable bonds is 2. The molecule has 0 fully saturated rings. The molecule has 0 spiro atoms. The number of aromatic nitrogens is 1. The first-order chi connectivity index (χ1) is 9.27. The lowest BCUT2D eigenvalue weighted by molar-refractivity contribution is 0.102. The van der Waals surface area contributed by atoms with Crippen LogP contribution in [0.4, 0.5) is 5.13 Å². The van der Waals surface area contributed by atoms with Crippen LogP contribution in [0.2, 0.25) is 0 Å². The molecule has 0 aliphatic carbocycles. The van der Waals surface area contributed by atoms with Crippen LogP contribution in [0.1, 0.15) is 36.8 Å². The number of carbonyl (C=O) groups is 1. The van der Waals surface area contributed by atoms with Gasteiger partial charge in [0, 0.05) is 16.4 Å². The Bertz CT molecular complexity index is 644. The summed E-state index contributed by atoms with van der Waals surface area (Å²) < 4.78 is 0. The Morgan fingerprint density at radius 2 is 1.95 bits per heavy atom. The van der Waals surface area contributed by atoms with Crippen molar-refractivity contribution in [3.63, 3.8) is 0 Å². The van der Waals surface area contributed by atoms with Crippen LogP contribution in [0.25, 0.3) is 0 Å². The second-order valence-electron chi connectivity index (χ2n) is 5.45. The minimum Gasteiger partial charge on any atom is -0.504 e. The van der Waals surface area contributed by atoms with Crippen molar-refractivity contribution in [1.29, 1.82) is 0 Å². The van der Waals surface area contributed by atoms with E-state index in [0.29, 0.717) is 5.13 Å². The van der Waals surface area contributed by atoms with Crippen LogP contribution < -0.4 is 5.32 Å². The third kappa shape index (κ3) is 3.08. The highest BCUT2D eigenvalue weighted by Gasteiger charge is 2.18. The van der Waals surface area contributed by atoms with Crippen molar-refractivity contribution < 1.29 is 15.0 Å². The molecule has 106 valence electrons. The summed E-state index contributed by atoms with van der Waals surface area (Å²) in [6, 6.07) is 3.91. The third-order valence-electron chi connectivity index (χ3n) is 2.73. The Hall–Kier alpha value is -2.08. The molecule has 0 saturated carbocycles. The van der Waals surface area contributed by atoms with Crippen molar-refractivity contribution in [3.05, 3.63) is 34.8 Å². The molecule has 0 unspecified atom stereocenters. The fraction of sp³-hybridized carbons (Fsp3) is 0.286. The molecular formula is C14H16N2O3S. The predicted molar refractivity (Wildman–Crippen MR) is 78.5 cm³/mol. The van der Waals surface area contributed by atoms with Crippen LogP contribution in [-0.4, -0.2) is 21.1 Å². The van der Waals surface area contributed by atoms with Gasteiger partial charge in [0.1, 0.15) is 0 Å². The number of hydrogen-bond acceptors (Lipinski definition) is 5. The molecule has 0 atom stereocenters. The SMILES string of the molecule is CC(C)(C)c1csc(NC(=O)c2ccc(O)c(O)c2)n1. The highest BCUT2D eigenvalue weighted by molar-refractivity contribution is 7.14. The van der Waals surface area contributed by atoms with Gasteiger partial charge in [0.15, 0.2) is 16.6 Å². The average molecular weight is 292 g/mol. The maximum absolute atomic E-state index is 12.0. The van der Waals surface area contributed by atoms with E-state index in [1.807, 2.05) is 26.2 Å². The number of hydrogen-bond donors (Lipinski definition) is 3. The number of nitrogens with zero attached hydrogens (tertiary/aromatic N) is 1. The van der Waals surface area contributed by atoms with E-state index in [-0.39, 0.29) is 28.4 Å². The molecule has 1 aromatic carbocycles. The van der Waals surface area contributed by atoms with Crippen molar-refractivity contribution in [2.24, 2.45) is 0 Å². The summed E-state index contributed by atoms with van der Waals surface area (Å²) in [5.74, 6) is -0.965. The van der Waals surface area contributed by atoms with Gasteiger partial charge < -0.3 is 10.2 Å². The minimum absolute atomic E-state index is 0.0731. The third-order valence-corrected chi connectivity index (χ3v) is 3.49. The summed E-state index contributed by atoms with van der Waals surface area (Å²) in [7, 11) is 0. The standard InChI is InChI=1S/C14H16N2O3S/c1-14(2,3)11-7-20-13(15-11)16-12(19)8-4-5-9(17)10(18)6-8/h4-7,17-18H,1-3H3,(H,15,16,19). The van der Waals surface area contributed by atoms with Crippen molar-refractivity contribution in [1.82, 2.24) is 4.98 Å². The fourth-order valence-corrected chi connectivity index (χ4v) is 2.44. The summed E-state index contributed by atoms with van der Waals surface area (Å²) in [5, 5.41) is 23.7. The number of thiazole rings is 1. The molecule has 3 N–H and O–H groups in total. The molecule has 1 amide bonds. The van der Waals surface area contributed by atoms with Gasteiger partial charge in [0.05, 0.1) is 5.69 Å². The molecular weight excluding hydrogens is 276 g/mol. The highest BCUT2D eigenvalue weighted by Crippen LogP contribution is 2.28. The first-order valence-corrected chi connectivity index (χ1v) is 6.94. The van der Waals surface area contributed by atoms with Gasteiger partial charge in [-0.1, -0.05) is 20.8 Å². The van der Waals surface area contributed by atoms with Gasteiger partial charge >= 0.3 is 0 Å². The molecule has 5 nitrogen and oxygen atoms in total. The number of phenolic OH excluding ortho intramolecular Hbond substituents is 2. The molecule has 2 aromatic rings. The van der Waals surface area contributed by atoms with E-state index in [2.05, 4.69) is 10.3 Å². The van der Waals surface area contributed by atoms with Gasteiger partial charge in [-0.3, -0.25) is 10.1 Å². The van der Waals surface area contributed by atoms with Gasteiger partial charge in [-0.05, 0) is 18.2 Å². The van der Waals surface area contributed by atoms with Gasteiger partial charge in [-0.15, -0.1) is 11.3 Å². The Balaban J connectivity index is 2.15. The highest BCUT2D eigenvalue weighted by atomic mass is 32.1. The quantitative estimate of drug-likeness (QED) is 0.743. The molecule has 0 radical (unpaired) electrons. The van der Waals surface area contributed by atoms with E-state index in [1.54, 1.807) is 0 Å². The molecule has 0 aliphatic heterocycles. The number of anilines is 1. The Labute approximate surface area is 120 Å². The lowest BCUT2D eigenvalue weighted by Gasteiger charge is -2.14. The van der Waals surface area contributed by atoms with E-state index in [9.17, 15) is 15.0 Å². The van der Waals surface area contributed by atoms with Gasteiger partial charge in [0.2, 0.25) is 0 Å². The van der Waals surface area contributed by atoms with E-state index < -0.39 is 0 Å². The topological polar surface area (TPSA) is 82.5 Å². The van der Waals surface area contributed by atoms with Crippen LogP contribution in [0.15, 0.2) is 23.6 Å². The van der Waals surface area contributed by atoms with Crippen molar-refractivity contribution in [2.45, 2.75) is 26.2 Å². The zero-order valence-electron chi connectivity index (χ0n) is 11.5. The molecule has 6 heteroatoms. The van der Waals surface area contributed by atoms with Gasteiger partial charge in [-0.2, -0.15) is 0 Å². The zero-order chi connectivity index (χ0) is 14.9. The predicted octanol–water partition coefficient (Wildman–Crippen LogP) is 3.10. The summed E-state index contributed by atoms with van der Waals surface area (Å²) in [6.07, 6.45) is 0. The number of benzene rings is 1. The van der Waals surface area contributed by atoms with Crippen molar-refractivity contribution >= 4 is 22.4 Å². The number of nitrogens with one attached hydrogen (secondary N) is 1. The first-order valence-electron chi connectivity index (χ1n) is 6.07. The molecule has 0 saturated heterocycles. The van der Waals surface area contributed by atoms with E-state index in [0.717, 1.165) is 5.69 Å². The minimum atomic E-state index is -0.380. The Morgan fingerprint density at radius 3 is 2.50 bits per heavy atom. The van der Waals surface area contributed by atoms with Crippen LogP contribution in [0, 0.1) is 0 Å². The Kier molecular flexibility index (Phi) is 3.67. The smallest absolute Gasteiger partial charge is 0.257 e. The van der Waals surface area contributed by atoms with Crippen LogP contribution >= 0.6 is 11.3 Å². The lowest BCUT2D eigenvalue weighted by Crippen LogP contribution is -2.14. The van der Waals surface area contributed by atoms with Crippen LogP contribution in [0.3, 0.4) is 0 Å². The molecule has 0 bridgehead atoms. The van der Waals surface area contributed by atoms with Crippen LogP contribution in [-0.2, 0) is 5.41 Å². The normalized spacial score (nSPS) is 11.3. The largest absolute Gasteiger partial charge is 0.504 e. The van der Waals surface area contributed by atoms with Crippen molar-refractivity contribution in [2.75, 3.05) is 5.32 Å². The number of phenols is 2. The van der Waals surface area contributed by atoms with E-state index in [1.165, 1.54) is 29.5 Å². The average Bonchev–Trinajstić information content (AvgIpc) is 2.81. The summed E-state index contributed by atoms with van der Waals surface area (Å²) >= 11 is 1.35. The summed E-state index contributed by atoms with van der Waals surface area (Å²) in [6.45, 7) is 6.14.